The SMILES string of the molecule is COc1ccc(N)c2c1C(=O)NC2=O. The molecule has 72 valence electrons. The van der Waals surface area contributed by atoms with Crippen molar-refractivity contribution in [2.75, 3.05) is 12.8 Å². The molecule has 0 saturated carbocycles. The van der Waals surface area contributed by atoms with Crippen LogP contribution in [0.4, 0.5) is 5.69 Å². The number of nitrogens with one attached hydrogen (secondary N) is 1. The number of amides is 2. The summed E-state index contributed by atoms with van der Waals surface area (Å²) in [5.41, 5.74) is 6.28. The molecule has 1 aromatic carbocycles. The molecule has 5 heteroatoms. The number of fused-ring (bicyclic) bond motifs is 1. The van der Waals surface area contributed by atoms with Crippen molar-refractivity contribution < 1.29 is 14.3 Å². The van der Waals surface area contributed by atoms with Crippen LogP contribution in [-0.4, -0.2) is 18.9 Å². The second-order valence-electron chi connectivity index (χ2n) is 2.89. The lowest BCUT2D eigenvalue weighted by atomic mass is 10.1. The van der Waals surface area contributed by atoms with Crippen molar-refractivity contribution >= 4 is 17.5 Å². The summed E-state index contributed by atoms with van der Waals surface area (Å²) < 4.78 is 4.96. The minimum absolute atomic E-state index is 0.203. The van der Waals surface area contributed by atoms with Crippen LogP contribution >= 0.6 is 0 Å². The quantitative estimate of drug-likeness (QED) is 0.490. The molecule has 0 radical (unpaired) electrons. The molecule has 0 aliphatic carbocycles. The highest BCUT2D eigenvalue weighted by Gasteiger charge is 2.32. The fourth-order valence-electron chi connectivity index (χ4n) is 1.47. The van der Waals surface area contributed by atoms with Gasteiger partial charge in [0.1, 0.15) is 5.75 Å². The molecule has 0 bridgehead atoms. The highest BCUT2D eigenvalue weighted by atomic mass is 16.5. The van der Waals surface area contributed by atoms with E-state index in [4.69, 9.17) is 10.5 Å². The summed E-state index contributed by atoms with van der Waals surface area (Å²) in [5.74, 6) is -0.576. The maximum Gasteiger partial charge on any atom is 0.262 e. The van der Waals surface area contributed by atoms with Crippen LogP contribution < -0.4 is 15.8 Å². The zero-order valence-corrected chi connectivity index (χ0v) is 7.46. The molecule has 1 heterocycles. The number of imide groups is 1. The first-order valence-electron chi connectivity index (χ1n) is 3.97. The first kappa shape index (κ1) is 8.55. The van der Waals surface area contributed by atoms with Crippen LogP contribution in [-0.2, 0) is 0 Å². The van der Waals surface area contributed by atoms with Gasteiger partial charge in [0, 0.05) is 5.69 Å². The number of carbonyl (C=O) groups is 2. The molecule has 0 unspecified atom stereocenters. The molecule has 5 nitrogen and oxygen atoms in total. The lowest BCUT2D eigenvalue weighted by Crippen LogP contribution is -2.20. The lowest BCUT2D eigenvalue weighted by molar-refractivity contribution is 0.0879. The number of nitrogen functional groups attached to an aromatic ring is 1. The van der Waals surface area contributed by atoms with E-state index < -0.39 is 11.8 Å². The minimum Gasteiger partial charge on any atom is -0.496 e. The third-order valence-electron chi connectivity index (χ3n) is 2.10. The Hall–Kier alpha value is -2.04. The molecule has 1 aliphatic heterocycles. The Kier molecular flexibility index (Phi) is 1.67. The number of carbonyl (C=O) groups excluding carboxylic acids is 2. The van der Waals surface area contributed by atoms with Crippen LogP contribution in [0.1, 0.15) is 20.7 Å². The van der Waals surface area contributed by atoms with Gasteiger partial charge in [0.15, 0.2) is 0 Å². The predicted molar refractivity (Wildman–Crippen MR) is 49.2 cm³/mol. The van der Waals surface area contributed by atoms with Crippen LogP contribution in [0.15, 0.2) is 12.1 Å². The van der Waals surface area contributed by atoms with Crippen molar-refractivity contribution in [2.24, 2.45) is 0 Å². The third kappa shape index (κ3) is 0.953. The molecular weight excluding hydrogens is 184 g/mol. The van der Waals surface area contributed by atoms with Crippen molar-refractivity contribution in [1.29, 1.82) is 0 Å². The van der Waals surface area contributed by atoms with Gasteiger partial charge >= 0.3 is 0 Å². The zero-order chi connectivity index (χ0) is 10.3. The maximum absolute atomic E-state index is 11.3. The normalized spacial score (nSPS) is 13.8. The summed E-state index contributed by atoms with van der Waals surface area (Å²) in [5, 5.41) is 2.16. The van der Waals surface area contributed by atoms with Gasteiger partial charge in [0.2, 0.25) is 0 Å². The van der Waals surface area contributed by atoms with Crippen LogP contribution in [0, 0.1) is 0 Å². The van der Waals surface area contributed by atoms with Gasteiger partial charge in [-0.2, -0.15) is 0 Å². The largest absolute Gasteiger partial charge is 0.496 e. The predicted octanol–water partition coefficient (Wildman–Crippen LogP) is 0.161. The van der Waals surface area contributed by atoms with Crippen molar-refractivity contribution in [3.05, 3.63) is 23.3 Å². The Labute approximate surface area is 79.8 Å². The van der Waals surface area contributed by atoms with E-state index in [-0.39, 0.29) is 16.8 Å². The topological polar surface area (TPSA) is 81.4 Å². The van der Waals surface area contributed by atoms with Crippen molar-refractivity contribution in [2.45, 2.75) is 0 Å². The van der Waals surface area contributed by atoms with E-state index in [2.05, 4.69) is 5.32 Å². The van der Waals surface area contributed by atoms with Crippen LogP contribution in [0.2, 0.25) is 0 Å². The second-order valence-corrected chi connectivity index (χ2v) is 2.89. The highest BCUT2D eigenvalue weighted by molar-refractivity contribution is 6.24. The number of hydrogen-bond donors (Lipinski definition) is 2. The standard InChI is InChI=1S/C9H8N2O3/c1-14-5-3-2-4(10)6-7(5)9(13)11-8(6)12/h2-3H,10H2,1H3,(H,11,12,13). The summed E-state index contributed by atoms with van der Waals surface area (Å²) in [4.78, 5) is 22.6. The summed E-state index contributed by atoms with van der Waals surface area (Å²) >= 11 is 0. The van der Waals surface area contributed by atoms with Gasteiger partial charge in [-0.05, 0) is 12.1 Å². The Morgan fingerprint density at radius 2 is 1.86 bits per heavy atom. The molecule has 1 aromatic rings. The molecule has 0 fully saturated rings. The summed E-state index contributed by atoms with van der Waals surface area (Å²) in [6.45, 7) is 0. The summed E-state index contributed by atoms with van der Waals surface area (Å²) in [7, 11) is 1.43. The number of rotatable bonds is 1. The first-order valence-corrected chi connectivity index (χ1v) is 3.97. The molecule has 0 saturated heterocycles. The fraction of sp³-hybridized carbons (Fsp3) is 0.111. The number of nitrogens with two attached hydrogens (primary N) is 1. The molecule has 1 aliphatic rings. The molecule has 0 aromatic heterocycles. The molecule has 0 atom stereocenters. The van der Waals surface area contributed by atoms with Gasteiger partial charge in [0.05, 0.1) is 18.2 Å². The van der Waals surface area contributed by atoms with Gasteiger partial charge < -0.3 is 10.5 Å². The van der Waals surface area contributed by atoms with Crippen molar-refractivity contribution in [3.63, 3.8) is 0 Å². The third-order valence-corrected chi connectivity index (χ3v) is 2.10. The maximum atomic E-state index is 11.3. The van der Waals surface area contributed by atoms with E-state index in [0.717, 1.165) is 0 Å². The van der Waals surface area contributed by atoms with E-state index in [1.807, 2.05) is 0 Å². The van der Waals surface area contributed by atoms with E-state index in [0.29, 0.717) is 5.75 Å². The van der Waals surface area contributed by atoms with Crippen LogP contribution in [0.25, 0.3) is 0 Å². The Balaban J connectivity index is 2.76. The van der Waals surface area contributed by atoms with Crippen molar-refractivity contribution in [1.82, 2.24) is 5.32 Å². The average molecular weight is 192 g/mol. The number of hydrogen-bond acceptors (Lipinski definition) is 4. The van der Waals surface area contributed by atoms with Gasteiger partial charge in [0.25, 0.3) is 11.8 Å². The molecular formula is C9H8N2O3. The Morgan fingerprint density at radius 3 is 2.50 bits per heavy atom. The molecule has 3 N–H and O–H groups in total. The number of benzene rings is 1. The minimum atomic E-state index is -0.471. The van der Waals surface area contributed by atoms with Gasteiger partial charge in [-0.25, -0.2) is 0 Å². The zero-order valence-electron chi connectivity index (χ0n) is 7.46. The monoisotopic (exact) mass is 192 g/mol. The number of anilines is 1. The highest BCUT2D eigenvalue weighted by Crippen LogP contribution is 2.30. The number of methoxy groups -OCH3 is 1. The van der Waals surface area contributed by atoms with Crippen molar-refractivity contribution in [3.8, 4) is 5.75 Å². The average Bonchev–Trinajstić information content (AvgIpc) is 2.44. The Morgan fingerprint density at radius 1 is 1.21 bits per heavy atom. The van der Waals surface area contributed by atoms with E-state index in [1.165, 1.54) is 13.2 Å². The first-order chi connectivity index (χ1) is 6.65. The van der Waals surface area contributed by atoms with Gasteiger partial charge in [-0.15, -0.1) is 0 Å². The molecule has 14 heavy (non-hydrogen) atoms. The smallest absolute Gasteiger partial charge is 0.262 e. The van der Waals surface area contributed by atoms with Crippen LogP contribution in [0.3, 0.4) is 0 Å². The van der Waals surface area contributed by atoms with Crippen LogP contribution in [0.5, 0.6) is 5.75 Å². The summed E-state index contributed by atoms with van der Waals surface area (Å²) in [6, 6.07) is 3.10. The van der Waals surface area contributed by atoms with Gasteiger partial charge in [-0.1, -0.05) is 0 Å². The summed E-state index contributed by atoms with van der Waals surface area (Å²) in [6.07, 6.45) is 0. The molecule has 2 rings (SSSR count). The molecule has 2 amide bonds. The lowest BCUT2D eigenvalue weighted by Gasteiger charge is -2.05. The van der Waals surface area contributed by atoms with E-state index in [1.54, 1.807) is 6.07 Å². The second kappa shape index (κ2) is 2.73. The van der Waals surface area contributed by atoms with E-state index in [9.17, 15) is 9.59 Å². The molecule has 0 spiro atoms. The van der Waals surface area contributed by atoms with Gasteiger partial charge in [-0.3, -0.25) is 14.9 Å². The van der Waals surface area contributed by atoms with E-state index >= 15 is 0 Å². The fourth-order valence-corrected chi connectivity index (χ4v) is 1.47. The number of ether oxygens (including phenoxy) is 1. The Bertz CT molecular complexity index is 440.